The molecule has 0 saturated heterocycles. The molecule has 158 valence electrons. The minimum absolute atomic E-state index is 0.0180. The van der Waals surface area contributed by atoms with Crippen molar-refractivity contribution < 1.29 is 9.59 Å². The maximum absolute atomic E-state index is 13.2. The highest BCUT2D eigenvalue weighted by molar-refractivity contribution is 7.09. The highest BCUT2D eigenvalue weighted by atomic mass is 35.5. The SMILES string of the molecule is CCN(CC(=O)Nc1cc(Cl)ccc1C)C(=O)c1cc(C)n(Cc2cccs2)c1C. The van der Waals surface area contributed by atoms with Crippen molar-refractivity contribution in [3.8, 4) is 0 Å². The minimum atomic E-state index is -0.247. The molecule has 1 aromatic carbocycles. The summed E-state index contributed by atoms with van der Waals surface area (Å²) in [6.45, 7) is 8.89. The first-order valence-corrected chi connectivity index (χ1v) is 11.1. The Morgan fingerprint density at radius 3 is 2.60 bits per heavy atom. The lowest BCUT2D eigenvalue weighted by atomic mass is 10.2. The van der Waals surface area contributed by atoms with Crippen molar-refractivity contribution in [2.24, 2.45) is 0 Å². The van der Waals surface area contributed by atoms with E-state index in [2.05, 4.69) is 21.3 Å². The number of carbonyl (C=O) groups excluding carboxylic acids is 2. The molecule has 0 radical (unpaired) electrons. The van der Waals surface area contributed by atoms with E-state index in [0.29, 0.717) is 22.8 Å². The first-order valence-electron chi connectivity index (χ1n) is 9.84. The Morgan fingerprint density at radius 1 is 1.17 bits per heavy atom. The lowest BCUT2D eigenvalue weighted by Gasteiger charge is -2.21. The number of benzene rings is 1. The van der Waals surface area contributed by atoms with Crippen LogP contribution in [0.2, 0.25) is 5.02 Å². The number of aryl methyl sites for hydroxylation is 2. The van der Waals surface area contributed by atoms with E-state index in [1.165, 1.54) is 4.88 Å². The number of nitrogens with zero attached hydrogens (tertiary/aromatic N) is 2. The van der Waals surface area contributed by atoms with Crippen molar-refractivity contribution in [2.75, 3.05) is 18.4 Å². The van der Waals surface area contributed by atoms with Crippen LogP contribution >= 0.6 is 22.9 Å². The van der Waals surface area contributed by atoms with E-state index in [1.54, 1.807) is 28.4 Å². The average molecular weight is 444 g/mol. The molecular formula is C23H26ClN3O2S. The minimum Gasteiger partial charge on any atom is -0.343 e. The topological polar surface area (TPSA) is 54.3 Å². The van der Waals surface area contributed by atoms with Gasteiger partial charge >= 0.3 is 0 Å². The van der Waals surface area contributed by atoms with E-state index in [0.717, 1.165) is 23.5 Å². The molecule has 3 rings (SSSR count). The number of hydrogen-bond donors (Lipinski definition) is 1. The Bertz CT molecular complexity index is 1060. The molecule has 0 bridgehead atoms. The van der Waals surface area contributed by atoms with Gasteiger partial charge in [-0.05, 0) is 62.9 Å². The van der Waals surface area contributed by atoms with Gasteiger partial charge in [0, 0.05) is 33.5 Å². The predicted molar refractivity (Wildman–Crippen MR) is 124 cm³/mol. The zero-order chi connectivity index (χ0) is 21.8. The molecule has 0 aliphatic rings. The van der Waals surface area contributed by atoms with Gasteiger partial charge in [-0.25, -0.2) is 0 Å². The van der Waals surface area contributed by atoms with Gasteiger partial charge in [-0.1, -0.05) is 23.7 Å². The van der Waals surface area contributed by atoms with Gasteiger partial charge in [-0.2, -0.15) is 0 Å². The molecule has 30 heavy (non-hydrogen) atoms. The Kier molecular flexibility index (Phi) is 7.00. The Hall–Kier alpha value is -2.57. The van der Waals surface area contributed by atoms with Gasteiger partial charge in [-0.3, -0.25) is 9.59 Å². The second kappa shape index (κ2) is 9.49. The van der Waals surface area contributed by atoms with Gasteiger partial charge in [0.25, 0.3) is 5.91 Å². The van der Waals surface area contributed by atoms with Crippen LogP contribution in [0.1, 0.15) is 39.1 Å². The van der Waals surface area contributed by atoms with Crippen molar-refractivity contribution in [3.63, 3.8) is 0 Å². The third-order valence-electron chi connectivity index (χ3n) is 5.18. The van der Waals surface area contributed by atoms with Crippen LogP contribution in [0, 0.1) is 20.8 Å². The van der Waals surface area contributed by atoms with Gasteiger partial charge in [0.15, 0.2) is 0 Å². The molecule has 0 atom stereocenters. The molecule has 0 saturated carbocycles. The van der Waals surface area contributed by atoms with E-state index >= 15 is 0 Å². The number of amides is 2. The second-order valence-corrected chi connectivity index (χ2v) is 8.75. The summed E-state index contributed by atoms with van der Waals surface area (Å²) in [7, 11) is 0. The standard InChI is InChI=1S/C23H26ClN3O2S/c1-5-26(14-22(28)25-21-12-18(24)9-8-15(21)2)23(29)20-11-16(3)27(17(20)4)13-19-7-6-10-30-19/h6-12H,5,13-14H2,1-4H3,(H,25,28). The quantitative estimate of drug-likeness (QED) is 0.540. The lowest BCUT2D eigenvalue weighted by Crippen LogP contribution is -2.38. The van der Waals surface area contributed by atoms with Crippen molar-refractivity contribution in [3.05, 3.63) is 74.2 Å². The Balaban J connectivity index is 1.74. The Labute approximate surface area is 186 Å². The molecule has 0 fully saturated rings. The summed E-state index contributed by atoms with van der Waals surface area (Å²) in [4.78, 5) is 28.6. The van der Waals surface area contributed by atoms with Gasteiger partial charge in [0.1, 0.15) is 6.54 Å². The largest absolute Gasteiger partial charge is 0.343 e. The molecule has 2 heterocycles. The zero-order valence-corrected chi connectivity index (χ0v) is 19.2. The van der Waals surface area contributed by atoms with Crippen molar-refractivity contribution >= 4 is 40.4 Å². The highest BCUT2D eigenvalue weighted by Crippen LogP contribution is 2.22. The summed E-state index contributed by atoms with van der Waals surface area (Å²) in [5, 5.41) is 5.47. The third kappa shape index (κ3) is 4.94. The number of carbonyl (C=O) groups is 2. The first kappa shape index (κ1) is 22.1. The number of rotatable bonds is 7. The molecule has 2 aromatic heterocycles. The van der Waals surface area contributed by atoms with Crippen LogP contribution < -0.4 is 5.32 Å². The predicted octanol–water partition coefficient (Wildman–Crippen LogP) is 5.28. The van der Waals surface area contributed by atoms with E-state index in [4.69, 9.17) is 11.6 Å². The molecular weight excluding hydrogens is 418 g/mol. The molecule has 3 aromatic rings. The second-order valence-electron chi connectivity index (χ2n) is 7.28. The number of likely N-dealkylation sites (N-methyl/N-ethyl adjacent to an activating group) is 1. The summed E-state index contributed by atoms with van der Waals surface area (Å²) >= 11 is 7.73. The summed E-state index contributed by atoms with van der Waals surface area (Å²) in [5.41, 5.74) is 4.15. The zero-order valence-electron chi connectivity index (χ0n) is 17.7. The molecule has 7 heteroatoms. The van der Waals surface area contributed by atoms with Crippen LogP contribution in [-0.2, 0) is 11.3 Å². The maximum atomic E-state index is 13.2. The van der Waals surface area contributed by atoms with Crippen LogP contribution in [0.25, 0.3) is 0 Å². The monoisotopic (exact) mass is 443 g/mol. The van der Waals surface area contributed by atoms with E-state index in [9.17, 15) is 9.59 Å². The maximum Gasteiger partial charge on any atom is 0.256 e. The number of aromatic nitrogens is 1. The molecule has 1 N–H and O–H groups in total. The van der Waals surface area contributed by atoms with Crippen molar-refractivity contribution in [1.82, 2.24) is 9.47 Å². The molecule has 5 nitrogen and oxygen atoms in total. The fraction of sp³-hybridized carbons (Fsp3) is 0.304. The number of nitrogens with one attached hydrogen (secondary N) is 1. The summed E-state index contributed by atoms with van der Waals surface area (Å²) in [6, 6.07) is 11.4. The molecule has 0 spiro atoms. The highest BCUT2D eigenvalue weighted by Gasteiger charge is 2.22. The van der Waals surface area contributed by atoms with Gasteiger partial charge < -0.3 is 14.8 Å². The average Bonchev–Trinajstić information content (AvgIpc) is 3.32. The van der Waals surface area contributed by atoms with E-state index in [1.807, 2.05) is 45.9 Å². The number of hydrogen-bond acceptors (Lipinski definition) is 3. The van der Waals surface area contributed by atoms with Crippen LogP contribution in [0.15, 0.2) is 41.8 Å². The van der Waals surface area contributed by atoms with Crippen molar-refractivity contribution in [2.45, 2.75) is 34.2 Å². The Morgan fingerprint density at radius 2 is 1.93 bits per heavy atom. The molecule has 0 unspecified atom stereocenters. The third-order valence-corrected chi connectivity index (χ3v) is 6.27. The normalized spacial score (nSPS) is 10.8. The molecule has 2 amide bonds. The number of thiophene rings is 1. The van der Waals surface area contributed by atoms with Crippen molar-refractivity contribution in [1.29, 1.82) is 0 Å². The lowest BCUT2D eigenvalue weighted by molar-refractivity contribution is -0.116. The van der Waals surface area contributed by atoms with E-state index < -0.39 is 0 Å². The van der Waals surface area contributed by atoms with Crippen LogP contribution in [0.3, 0.4) is 0 Å². The molecule has 0 aliphatic carbocycles. The fourth-order valence-electron chi connectivity index (χ4n) is 3.41. The number of anilines is 1. The smallest absolute Gasteiger partial charge is 0.256 e. The van der Waals surface area contributed by atoms with Crippen LogP contribution in [0.5, 0.6) is 0 Å². The summed E-state index contributed by atoms with van der Waals surface area (Å²) in [5.74, 6) is -0.385. The van der Waals surface area contributed by atoms with Crippen LogP contribution in [0.4, 0.5) is 5.69 Å². The number of halogens is 1. The molecule has 0 aliphatic heterocycles. The summed E-state index contributed by atoms with van der Waals surface area (Å²) < 4.78 is 2.14. The van der Waals surface area contributed by atoms with Gasteiger partial charge in [-0.15, -0.1) is 11.3 Å². The van der Waals surface area contributed by atoms with Crippen LogP contribution in [-0.4, -0.2) is 34.4 Å². The van der Waals surface area contributed by atoms with Gasteiger partial charge in [0.2, 0.25) is 5.91 Å². The van der Waals surface area contributed by atoms with E-state index in [-0.39, 0.29) is 18.4 Å². The summed E-state index contributed by atoms with van der Waals surface area (Å²) in [6.07, 6.45) is 0. The van der Waals surface area contributed by atoms with Gasteiger partial charge in [0.05, 0.1) is 12.1 Å². The fourth-order valence-corrected chi connectivity index (χ4v) is 4.27. The first-order chi connectivity index (χ1) is 14.3.